The van der Waals surface area contributed by atoms with Crippen LogP contribution in [0.15, 0.2) is 0 Å². The van der Waals surface area contributed by atoms with Crippen LogP contribution in [0.4, 0.5) is 0 Å². The minimum absolute atomic E-state index is 0.300. The van der Waals surface area contributed by atoms with Crippen molar-refractivity contribution in [1.82, 2.24) is 0 Å². The van der Waals surface area contributed by atoms with Gasteiger partial charge in [0.15, 0.2) is 0 Å². The zero-order chi connectivity index (χ0) is 12.2. The van der Waals surface area contributed by atoms with E-state index in [1.54, 1.807) is 6.92 Å². The van der Waals surface area contributed by atoms with Crippen LogP contribution in [0.1, 0.15) is 52.9 Å². The number of nitrogens with two attached hydrogens (primary N) is 1. The van der Waals surface area contributed by atoms with Gasteiger partial charge in [0.2, 0.25) is 0 Å². The fourth-order valence-corrected chi connectivity index (χ4v) is 2.09. The molecule has 0 heterocycles. The van der Waals surface area contributed by atoms with Crippen LogP contribution in [0.25, 0.3) is 0 Å². The van der Waals surface area contributed by atoms with Gasteiger partial charge in [0.1, 0.15) is 0 Å². The smallest absolute Gasteiger partial charge is 0.0763 e. The third kappa shape index (κ3) is 4.81. The zero-order valence-corrected chi connectivity index (χ0v) is 11.0. The molecule has 1 fully saturated rings. The Morgan fingerprint density at radius 1 is 1.38 bits per heavy atom. The van der Waals surface area contributed by atoms with Gasteiger partial charge in [-0.05, 0) is 38.0 Å². The van der Waals surface area contributed by atoms with E-state index in [-0.39, 0.29) is 0 Å². The van der Waals surface area contributed by atoms with Gasteiger partial charge < -0.3 is 15.6 Å². The quantitative estimate of drug-likeness (QED) is 0.759. The molecule has 0 aromatic rings. The highest BCUT2D eigenvalue weighted by Gasteiger charge is 2.27. The molecule has 3 N–H and O–H groups in total. The fourth-order valence-electron chi connectivity index (χ4n) is 2.09. The van der Waals surface area contributed by atoms with Crippen LogP contribution in [0.5, 0.6) is 0 Å². The first-order valence-electron chi connectivity index (χ1n) is 6.39. The van der Waals surface area contributed by atoms with E-state index in [1.807, 2.05) is 0 Å². The normalized spacial score (nSPS) is 25.3. The van der Waals surface area contributed by atoms with Crippen LogP contribution in [-0.4, -0.2) is 30.0 Å². The summed E-state index contributed by atoms with van der Waals surface area (Å²) in [6.07, 6.45) is 5.80. The summed E-state index contributed by atoms with van der Waals surface area (Å²) in [6.45, 7) is 7.33. The minimum atomic E-state index is -0.770. The summed E-state index contributed by atoms with van der Waals surface area (Å²) in [5, 5.41) is 9.73. The lowest BCUT2D eigenvalue weighted by Gasteiger charge is -2.34. The number of hydrogen-bond acceptors (Lipinski definition) is 3. The van der Waals surface area contributed by atoms with E-state index >= 15 is 0 Å². The van der Waals surface area contributed by atoms with E-state index in [1.165, 1.54) is 12.8 Å². The summed E-state index contributed by atoms with van der Waals surface area (Å²) in [5.41, 5.74) is 5.17. The van der Waals surface area contributed by atoms with Gasteiger partial charge in [-0.2, -0.15) is 0 Å². The molecule has 0 aromatic heterocycles. The van der Waals surface area contributed by atoms with E-state index in [2.05, 4.69) is 13.8 Å². The average molecular weight is 229 g/mol. The summed E-state index contributed by atoms with van der Waals surface area (Å²) in [7, 11) is 0. The van der Waals surface area contributed by atoms with Crippen molar-refractivity contribution in [3.8, 4) is 0 Å². The van der Waals surface area contributed by atoms with Crippen molar-refractivity contribution in [2.45, 2.75) is 64.6 Å². The van der Waals surface area contributed by atoms with Crippen molar-refractivity contribution in [1.29, 1.82) is 0 Å². The molecule has 0 aliphatic heterocycles. The molecule has 3 heteroatoms. The van der Waals surface area contributed by atoms with Crippen LogP contribution >= 0.6 is 0 Å². The highest BCUT2D eigenvalue weighted by atomic mass is 16.5. The monoisotopic (exact) mass is 229 g/mol. The Kier molecular flexibility index (Phi) is 4.77. The first kappa shape index (κ1) is 13.9. The van der Waals surface area contributed by atoms with Crippen LogP contribution in [0, 0.1) is 5.41 Å². The summed E-state index contributed by atoms with van der Waals surface area (Å²) < 4.78 is 5.80. The average Bonchev–Trinajstić information content (AvgIpc) is 2.20. The molecule has 96 valence electrons. The fraction of sp³-hybridized carbons (Fsp3) is 1.00. The third-order valence-electron chi connectivity index (χ3n) is 3.72. The molecular weight excluding hydrogens is 202 g/mol. The van der Waals surface area contributed by atoms with Crippen LogP contribution < -0.4 is 5.73 Å². The van der Waals surface area contributed by atoms with E-state index in [4.69, 9.17) is 10.5 Å². The molecule has 1 aliphatic rings. The molecule has 1 rings (SSSR count). The first-order valence-corrected chi connectivity index (χ1v) is 6.39. The Morgan fingerprint density at radius 3 is 2.44 bits per heavy atom. The van der Waals surface area contributed by atoms with Gasteiger partial charge >= 0.3 is 0 Å². The van der Waals surface area contributed by atoms with Crippen molar-refractivity contribution in [3.63, 3.8) is 0 Å². The van der Waals surface area contributed by atoms with Crippen molar-refractivity contribution in [2.75, 3.05) is 13.2 Å². The van der Waals surface area contributed by atoms with Crippen molar-refractivity contribution >= 4 is 0 Å². The Bertz CT molecular complexity index is 204. The lowest BCUT2D eigenvalue weighted by molar-refractivity contribution is -0.0293. The number of aliphatic hydroxyl groups is 1. The maximum atomic E-state index is 9.73. The second-order valence-corrected chi connectivity index (χ2v) is 6.19. The first-order chi connectivity index (χ1) is 7.35. The highest BCUT2D eigenvalue weighted by molar-refractivity contribution is 4.79. The van der Waals surface area contributed by atoms with E-state index in [9.17, 15) is 5.11 Å². The molecule has 0 aromatic carbocycles. The van der Waals surface area contributed by atoms with Gasteiger partial charge in [0.25, 0.3) is 0 Å². The van der Waals surface area contributed by atoms with Crippen molar-refractivity contribution in [2.24, 2.45) is 11.1 Å². The molecule has 0 radical (unpaired) electrons. The molecule has 16 heavy (non-hydrogen) atoms. The zero-order valence-electron chi connectivity index (χ0n) is 11.0. The maximum absolute atomic E-state index is 9.73. The lowest BCUT2D eigenvalue weighted by Crippen LogP contribution is -2.36. The summed E-state index contributed by atoms with van der Waals surface area (Å²) in [4.78, 5) is 0. The molecule has 0 saturated heterocycles. The molecule has 1 saturated carbocycles. The van der Waals surface area contributed by atoms with E-state index in [0.29, 0.717) is 31.1 Å². The van der Waals surface area contributed by atoms with Gasteiger partial charge in [-0.25, -0.2) is 0 Å². The molecule has 1 unspecified atom stereocenters. The Balaban J connectivity index is 2.16. The van der Waals surface area contributed by atoms with Gasteiger partial charge in [0, 0.05) is 19.6 Å². The predicted molar refractivity (Wildman–Crippen MR) is 66.3 cm³/mol. The third-order valence-corrected chi connectivity index (χ3v) is 3.72. The Morgan fingerprint density at radius 2 is 1.94 bits per heavy atom. The van der Waals surface area contributed by atoms with E-state index < -0.39 is 5.60 Å². The molecule has 0 amide bonds. The van der Waals surface area contributed by atoms with E-state index in [0.717, 1.165) is 12.8 Å². The molecule has 1 atom stereocenters. The summed E-state index contributed by atoms with van der Waals surface area (Å²) >= 11 is 0. The van der Waals surface area contributed by atoms with Gasteiger partial charge in [-0.15, -0.1) is 0 Å². The maximum Gasteiger partial charge on any atom is 0.0763 e. The minimum Gasteiger partial charge on any atom is -0.389 e. The summed E-state index contributed by atoms with van der Waals surface area (Å²) in [6, 6.07) is 0. The number of ether oxygens (including phenoxy) is 1. The Labute approximate surface area is 99.4 Å². The Hall–Kier alpha value is -0.120. The largest absolute Gasteiger partial charge is 0.389 e. The van der Waals surface area contributed by atoms with Crippen molar-refractivity contribution in [3.05, 3.63) is 0 Å². The number of hydrogen-bond donors (Lipinski definition) is 2. The SMILES string of the molecule is CC1(C)CCC(OCCC(C)(O)CN)CC1. The molecule has 0 spiro atoms. The topological polar surface area (TPSA) is 55.5 Å². The van der Waals surface area contributed by atoms with Crippen LogP contribution in [0.3, 0.4) is 0 Å². The van der Waals surface area contributed by atoms with Crippen LogP contribution in [-0.2, 0) is 4.74 Å². The highest BCUT2D eigenvalue weighted by Crippen LogP contribution is 2.36. The second kappa shape index (κ2) is 5.48. The molecule has 3 nitrogen and oxygen atoms in total. The number of rotatable bonds is 5. The molecule has 1 aliphatic carbocycles. The predicted octanol–water partition coefficient (Wildman–Crippen LogP) is 2.07. The van der Waals surface area contributed by atoms with Gasteiger partial charge in [-0.1, -0.05) is 13.8 Å². The van der Waals surface area contributed by atoms with Gasteiger partial charge in [0.05, 0.1) is 11.7 Å². The molecular formula is C13H27NO2. The van der Waals surface area contributed by atoms with Crippen molar-refractivity contribution < 1.29 is 9.84 Å². The van der Waals surface area contributed by atoms with Gasteiger partial charge in [-0.3, -0.25) is 0 Å². The van der Waals surface area contributed by atoms with Crippen LogP contribution in [0.2, 0.25) is 0 Å². The second-order valence-electron chi connectivity index (χ2n) is 6.19. The summed E-state index contributed by atoms with van der Waals surface area (Å²) in [5.74, 6) is 0. The lowest BCUT2D eigenvalue weighted by atomic mass is 9.76. The molecule has 0 bridgehead atoms. The standard InChI is InChI=1S/C13H27NO2/c1-12(2)6-4-11(5-7-12)16-9-8-13(3,15)10-14/h11,15H,4-10,14H2,1-3H3.